The maximum Gasteiger partial charge on any atom is 0.295 e. The van der Waals surface area contributed by atoms with Crippen LogP contribution in [0.15, 0.2) is 70.7 Å². The van der Waals surface area contributed by atoms with Crippen LogP contribution in [0.3, 0.4) is 0 Å². The first-order chi connectivity index (χ1) is 17.8. The molecule has 8 nitrogen and oxygen atoms in total. The van der Waals surface area contributed by atoms with Gasteiger partial charge in [0.25, 0.3) is 11.7 Å². The number of likely N-dealkylation sites (tertiary alicyclic amines) is 1. The number of carbonyl (C=O) groups is 2. The fourth-order valence-corrected chi connectivity index (χ4v) is 5.09. The monoisotopic (exact) mass is 564 g/mol. The fourth-order valence-electron chi connectivity index (χ4n) is 4.55. The summed E-state index contributed by atoms with van der Waals surface area (Å²) in [6, 6.07) is 17.2. The van der Waals surface area contributed by atoms with Crippen molar-refractivity contribution in [2.45, 2.75) is 12.6 Å². The van der Waals surface area contributed by atoms with E-state index in [2.05, 4.69) is 15.9 Å². The van der Waals surface area contributed by atoms with Crippen LogP contribution in [0.2, 0.25) is 0 Å². The second-order valence-corrected chi connectivity index (χ2v) is 9.80. The van der Waals surface area contributed by atoms with Crippen LogP contribution in [0.4, 0.5) is 5.69 Å². The minimum atomic E-state index is -0.789. The molecule has 0 saturated carbocycles. The predicted octanol–water partition coefficient (Wildman–Crippen LogP) is 4.87. The van der Waals surface area contributed by atoms with Gasteiger partial charge in [-0.3, -0.25) is 9.59 Å². The Bertz CT molecular complexity index is 1420. The molecule has 1 amide bonds. The summed E-state index contributed by atoms with van der Waals surface area (Å²) in [5, 5.41) is 11.4. The number of nitrogens with zero attached hydrogens (tertiary/aromatic N) is 2. The van der Waals surface area contributed by atoms with Crippen molar-refractivity contribution in [2.75, 3.05) is 32.9 Å². The molecule has 2 heterocycles. The van der Waals surface area contributed by atoms with Gasteiger partial charge in [-0.25, -0.2) is 0 Å². The second-order valence-electron chi connectivity index (χ2n) is 8.95. The van der Waals surface area contributed by atoms with Gasteiger partial charge in [0.15, 0.2) is 11.5 Å². The Morgan fingerprint density at radius 1 is 1.05 bits per heavy atom. The highest BCUT2D eigenvalue weighted by Gasteiger charge is 2.46. The number of amides is 1. The first-order valence-corrected chi connectivity index (χ1v) is 12.4. The van der Waals surface area contributed by atoms with Crippen LogP contribution in [-0.4, -0.2) is 49.7 Å². The lowest BCUT2D eigenvalue weighted by atomic mass is 9.95. The number of carbonyl (C=O) groups excluding carboxylic acids is 2. The number of hydrogen-bond donors (Lipinski definition) is 1. The van der Waals surface area contributed by atoms with E-state index in [4.69, 9.17) is 14.2 Å². The van der Waals surface area contributed by atoms with Crippen LogP contribution in [0.1, 0.15) is 22.7 Å². The number of aliphatic hydroxyl groups excluding tert-OH is 1. The summed E-state index contributed by atoms with van der Waals surface area (Å²) in [4.78, 5) is 30.2. The summed E-state index contributed by atoms with van der Waals surface area (Å²) in [6.45, 7) is 0.281. The van der Waals surface area contributed by atoms with E-state index in [1.165, 1.54) is 4.90 Å². The van der Waals surface area contributed by atoms with Crippen LogP contribution < -0.4 is 19.1 Å². The second kappa shape index (κ2) is 9.82. The average molecular weight is 565 g/mol. The summed E-state index contributed by atoms with van der Waals surface area (Å²) in [5.41, 5.74) is 2.87. The molecule has 0 radical (unpaired) electrons. The van der Waals surface area contributed by atoms with Gasteiger partial charge in [-0.1, -0.05) is 18.2 Å². The van der Waals surface area contributed by atoms with Crippen molar-refractivity contribution < 1.29 is 28.9 Å². The Kier molecular flexibility index (Phi) is 6.55. The van der Waals surface area contributed by atoms with Gasteiger partial charge in [-0.15, -0.1) is 0 Å². The first-order valence-electron chi connectivity index (χ1n) is 11.6. The summed E-state index contributed by atoms with van der Waals surface area (Å²) in [6.07, 6.45) is 0. The summed E-state index contributed by atoms with van der Waals surface area (Å²) in [5.74, 6) is 0.114. The van der Waals surface area contributed by atoms with Crippen molar-refractivity contribution in [3.05, 3.63) is 87.4 Å². The van der Waals surface area contributed by atoms with Gasteiger partial charge in [-0.2, -0.15) is 0 Å². The van der Waals surface area contributed by atoms with Gasteiger partial charge in [0.2, 0.25) is 6.79 Å². The standard InChI is InChI=1S/C28H25BrN2O6/c1-30(2)19-8-5-17(6-9-19)25-24(26(32)18-7-11-21(35-3)20(29)13-18)27(33)28(34)31(25)14-16-4-10-22-23(12-16)37-15-36-22/h4-13,25,32H,14-15H2,1-3H3/b26-24+. The minimum absolute atomic E-state index is 0.0282. The summed E-state index contributed by atoms with van der Waals surface area (Å²) < 4.78 is 16.8. The predicted molar refractivity (Wildman–Crippen MR) is 142 cm³/mol. The number of ketones is 1. The van der Waals surface area contributed by atoms with Gasteiger partial charge in [0.1, 0.15) is 11.5 Å². The SMILES string of the molecule is COc1ccc(/C(O)=C2\C(=O)C(=O)N(Cc3ccc4c(c3)OCO4)C2c2ccc(N(C)C)cc2)cc1Br. The molecule has 1 atom stereocenters. The summed E-state index contributed by atoms with van der Waals surface area (Å²) >= 11 is 3.43. The molecule has 190 valence electrons. The van der Waals surface area contributed by atoms with Gasteiger partial charge < -0.3 is 29.1 Å². The van der Waals surface area contributed by atoms with E-state index in [-0.39, 0.29) is 24.7 Å². The number of benzene rings is 3. The summed E-state index contributed by atoms with van der Waals surface area (Å²) in [7, 11) is 5.41. The van der Waals surface area contributed by atoms with Gasteiger partial charge in [0.05, 0.1) is 23.2 Å². The van der Waals surface area contributed by atoms with Crippen molar-refractivity contribution >= 4 is 39.1 Å². The molecule has 1 unspecified atom stereocenters. The molecule has 1 N–H and O–H groups in total. The number of methoxy groups -OCH3 is 1. The van der Waals surface area contributed by atoms with Crippen molar-refractivity contribution in [1.29, 1.82) is 0 Å². The number of hydrogen-bond acceptors (Lipinski definition) is 7. The van der Waals surface area contributed by atoms with Crippen molar-refractivity contribution in [1.82, 2.24) is 4.90 Å². The molecule has 37 heavy (non-hydrogen) atoms. The van der Waals surface area contributed by atoms with Gasteiger partial charge >= 0.3 is 0 Å². The maximum absolute atomic E-state index is 13.4. The number of Topliss-reactive ketones (excluding diaryl/α,β-unsaturated/α-hetero) is 1. The number of fused-ring (bicyclic) bond motifs is 1. The van der Waals surface area contributed by atoms with Gasteiger partial charge in [0, 0.05) is 31.9 Å². The Morgan fingerprint density at radius 3 is 2.46 bits per heavy atom. The fraction of sp³-hybridized carbons (Fsp3) is 0.214. The topological polar surface area (TPSA) is 88.5 Å². The van der Waals surface area contributed by atoms with Crippen molar-refractivity contribution in [3.8, 4) is 17.2 Å². The zero-order chi connectivity index (χ0) is 26.3. The van der Waals surface area contributed by atoms with Crippen LogP contribution in [-0.2, 0) is 16.1 Å². The lowest BCUT2D eigenvalue weighted by Gasteiger charge is -2.26. The first kappa shape index (κ1) is 24.7. The lowest BCUT2D eigenvalue weighted by Crippen LogP contribution is -2.29. The zero-order valence-electron chi connectivity index (χ0n) is 20.5. The third-order valence-electron chi connectivity index (χ3n) is 6.48. The molecule has 0 aromatic heterocycles. The number of aliphatic hydroxyl groups is 1. The van der Waals surface area contributed by atoms with E-state index in [1.807, 2.05) is 49.3 Å². The highest BCUT2D eigenvalue weighted by Crippen LogP contribution is 2.42. The van der Waals surface area contributed by atoms with E-state index in [1.54, 1.807) is 37.4 Å². The normalized spacial score (nSPS) is 17.8. The number of halogens is 1. The molecule has 2 aliphatic heterocycles. The Balaban J connectivity index is 1.61. The van der Waals surface area contributed by atoms with E-state index in [0.717, 1.165) is 11.3 Å². The minimum Gasteiger partial charge on any atom is -0.507 e. The molecule has 0 aliphatic carbocycles. The Morgan fingerprint density at radius 2 is 1.78 bits per heavy atom. The van der Waals surface area contributed by atoms with Gasteiger partial charge in [-0.05, 0) is 69.5 Å². The number of rotatable bonds is 6. The highest BCUT2D eigenvalue weighted by molar-refractivity contribution is 9.10. The number of ether oxygens (including phenoxy) is 3. The van der Waals surface area contributed by atoms with Crippen LogP contribution in [0.5, 0.6) is 17.2 Å². The largest absolute Gasteiger partial charge is 0.507 e. The Labute approximate surface area is 222 Å². The molecular formula is C28H25BrN2O6. The zero-order valence-corrected chi connectivity index (χ0v) is 22.1. The van der Waals surface area contributed by atoms with Crippen LogP contribution in [0.25, 0.3) is 5.76 Å². The van der Waals surface area contributed by atoms with E-state index in [0.29, 0.717) is 32.8 Å². The molecule has 0 bridgehead atoms. The maximum atomic E-state index is 13.4. The quantitative estimate of drug-likeness (QED) is 0.259. The molecule has 0 spiro atoms. The van der Waals surface area contributed by atoms with E-state index < -0.39 is 17.7 Å². The van der Waals surface area contributed by atoms with Crippen molar-refractivity contribution in [3.63, 3.8) is 0 Å². The molecule has 3 aromatic rings. The lowest BCUT2D eigenvalue weighted by molar-refractivity contribution is -0.140. The molecule has 1 fully saturated rings. The molecule has 1 saturated heterocycles. The van der Waals surface area contributed by atoms with Crippen LogP contribution in [0, 0.1) is 0 Å². The van der Waals surface area contributed by atoms with Crippen molar-refractivity contribution in [2.24, 2.45) is 0 Å². The molecule has 3 aromatic carbocycles. The average Bonchev–Trinajstić information content (AvgIpc) is 3.46. The highest BCUT2D eigenvalue weighted by atomic mass is 79.9. The molecule has 2 aliphatic rings. The Hall–Kier alpha value is -3.98. The van der Waals surface area contributed by atoms with E-state index >= 15 is 0 Å². The van der Waals surface area contributed by atoms with E-state index in [9.17, 15) is 14.7 Å². The smallest absolute Gasteiger partial charge is 0.295 e. The number of anilines is 1. The molecule has 5 rings (SSSR count). The third-order valence-corrected chi connectivity index (χ3v) is 7.10. The third kappa shape index (κ3) is 4.51. The molecular weight excluding hydrogens is 540 g/mol. The van der Waals surface area contributed by atoms with Crippen LogP contribution >= 0.6 is 15.9 Å². The molecule has 9 heteroatoms.